The van der Waals surface area contributed by atoms with Gasteiger partial charge in [0.15, 0.2) is 0 Å². The Labute approximate surface area is 113 Å². The van der Waals surface area contributed by atoms with Crippen LogP contribution >= 0.6 is 0 Å². The van der Waals surface area contributed by atoms with E-state index in [0.29, 0.717) is 26.1 Å². The molecule has 0 spiro atoms. The fourth-order valence-electron chi connectivity index (χ4n) is 2.24. The van der Waals surface area contributed by atoms with Crippen molar-refractivity contribution in [2.75, 3.05) is 26.2 Å². The van der Waals surface area contributed by atoms with E-state index in [1.54, 1.807) is 12.3 Å². The van der Waals surface area contributed by atoms with Gasteiger partial charge in [0.25, 0.3) is 10.2 Å². The van der Waals surface area contributed by atoms with Gasteiger partial charge in [-0.05, 0) is 30.9 Å². The smallest absolute Gasteiger partial charge is 0.279 e. The second kappa shape index (κ2) is 6.51. The highest BCUT2D eigenvalue weighted by molar-refractivity contribution is 7.87. The maximum atomic E-state index is 12.1. The standard InChI is InChI=1S/C12H20N2O4S/c15-10-11-3-1-7-14(9-11)19(16,17)13-6-5-12-4-2-8-18-12/h2,4,8,11,13,15H,1,3,5-7,9-10H2. The molecular formula is C12H20N2O4S. The molecule has 1 saturated heterocycles. The highest BCUT2D eigenvalue weighted by Crippen LogP contribution is 2.17. The number of furan rings is 1. The van der Waals surface area contributed by atoms with Crippen LogP contribution in [-0.4, -0.2) is 44.1 Å². The minimum atomic E-state index is -3.45. The fourth-order valence-corrected chi connectivity index (χ4v) is 3.56. The lowest BCUT2D eigenvalue weighted by Gasteiger charge is -2.30. The molecule has 1 aromatic rings. The van der Waals surface area contributed by atoms with Crippen molar-refractivity contribution >= 4 is 10.2 Å². The Balaban J connectivity index is 1.83. The predicted molar refractivity (Wildman–Crippen MR) is 70.7 cm³/mol. The van der Waals surface area contributed by atoms with Gasteiger partial charge in [-0.25, -0.2) is 4.72 Å². The molecule has 1 aliphatic rings. The van der Waals surface area contributed by atoms with Crippen molar-refractivity contribution in [2.24, 2.45) is 5.92 Å². The van der Waals surface area contributed by atoms with Crippen molar-refractivity contribution in [3.63, 3.8) is 0 Å². The number of nitrogens with one attached hydrogen (secondary N) is 1. The third-order valence-electron chi connectivity index (χ3n) is 3.32. The molecule has 0 aliphatic carbocycles. The van der Waals surface area contributed by atoms with Gasteiger partial charge in [0, 0.05) is 32.7 Å². The van der Waals surface area contributed by atoms with Gasteiger partial charge in [0.05, 0.1) is 6.26 Å². The zero-order chi connectivity index (χ0) is 13.7. The van der Waals surface area contributed by atoms with Gasteiger partial charge < -0.3 is 9.52 Å². The third-order valence-corrected chi connectivity index (χ3v) is 4.90. The third kappa shape index (κ3) is 4.04. The monoisotopic (exact) mass is 288 g/mol. The van der Waals surface area contributed by atoms with E-state index in [4.69, 9.17) is 9.52 Å². The quantitative estimate of drug-likeness (QED) is 0.792. The van der Waals surface area contributed by atoms with Gasteiger partial charge in [-0.2, -0.15) is 12.7 Å². The second-order valence-electron chi connectivity index (χ2n) is 4.78. The lowest BCUT2D eigenvalue weighted by atomic mass is 10.0. The molecule has 0 aromatic carbocycles. The molecule has 0 amide bonds. The summed E-state index contributed by atoms with van der Waals surface area (Å²) in [5, 5.41) is 9.12. The molecule has 7 heteroatoms. The number of rotatable bonds is 6. The normalized spacial score (nSPS) is 21.6. The molecule has 108 valence electrons. The molecule has 2 rings (SSSR count). The molecule has 1 fully saturated rings. The summed E-state index contributed by atoms with van der Waals surface area (Å²) in [5.74, 6) is 0.810. The summed E-state index contributed by atoms with van der Waals surface area (Å²) in [5.41, 5.74) is 0. The average Bonchev–Trinajstić information content (AvgIpc) is 2.92. The Kier molecular flexibility index (Phi) is 4.98. The van der Waals surface area contributed by atoms with Crippen molar-refractivity contribution in [1.82, 2.24) is 9.03 Å². The van der Waals surface area contributed by atoms with Crippen molar-refractivity contribution < 1.29 is 17.9 Å². The van der Waals surface area contributed by atoms with E-state index in [1.807, 2.05) is 6.07 Å². The zero-order valence-corrected chi connectivity index (χ0v) is 11.6. The van der Waals surface area contributed by atoms with Crippen LogP contribution in [0, 0.1) is 5.92 Å². The molecule has 1 atom stereocenters. The van der Waals surface area contributed by atoms with Crippen LogP contribution < -0.4 is 4.72 Å². The Morgan fingerprint density at radius 2 is 2.37 bits per heavy atom. The minimum Gasteiger partial charge on any atom is -0.469 e. The first-order valence-electron chi connectivity index (χ1n) is 6.50. The number of hydrogen-bond acceptors (Lipinski definition) is 4. The predicted octanol–water partition coefficient (Wildman–Crippen LogP) is 0.361. The molecule has 0 radical (unpaired) electrons. The molecule has 0 bridgehead atoms. The molecule has 0 saturated carbocycles. The van der Waals surface area contributed by atoms with Crippen LogP contribution in [0.25, 0.3) is 0 Å². The minimum absolute atomic E-state index is 0.0401. The van der Waals surface area contributed by atoms with Crippen LogP contribution in [-0.2, 0) is 16.6 Å². The van der Waals surface area contributed by atoms with Gasteiger partial charge in [-0.1, -0.05) is 0 Å². The van der Waals surface area contributed by atoms with Gasteiger partial charge in [0.1, 0.15) is 5.76 Å². The van der Waals surface area contributed by atoms with E-state index in [1.165, 1.54) is 4.31 Å². The SMILES string of the molecule is O=S(=O)(NCCc1ccco1)N1CCCC(CO)C1. The van der Waals surface area contributed by atoms with Gasteiger partial charge in [0.2, 0.25) is 0 Å². The van der Waals surface area contributed by atoms with E-state index < -0.39 is 10.2 Å². The number of piperidine rings is 1. The highest BCUT2D eigenvalue weighted by atomic mass is 32.2. The van der Waals surface area contributed by atoms with Crippen LogP contribution in [0.3, 0.4) is 0 Å². The van der Waals surface area contributed by atoms with E-state index in [9.17, 15) is 8.42 Å². The lowest BCUT2D eigenvalue weighted by Crippen LogP contribution is -2.47. The first kappa shape index (κ1) is 14.5. The topological polar surface area (TPSA) is 82.8 Å². The highest BCUT2D eigenvalue weighted by Gasteiger charge is 2.28. The van der Waals surface area contributed by atoms with Crippen LogP contribution in [0.5, 0.6) is 0 Å². The summed E-state index contributed by atoms with van der Waals surface area (Å²) in [6.07, 6.45) is 3.78. The Morgan fingerprint density at radius 1 is 1.53 bits per heavy atom. The first-order valence-corrected chi connectivity index (χ1v) is 7.94. The largest absolute Gasteiger partial charge is 0.469 e. The molecular weight excluding hydrogens is 268 g/mol. The molecule has 1 aromatic heterocycles. The van der Waals surface area contributed by atoms with Crippen LogP contribution in [0.15, 0.2) is 22.8 Å². The summed E-state index contributed by atoms with van der Waals surface area (Å²) < 4.78 is 33.3. The Hall–Kier alpha value is -0.890. The van der Waals surface area contributed by atoms with Crippen LogP contribution in [0.4, 0.5) is 0 Å². The van der Waals surface area contributed by atoms with Crippen molar-refractivity contribution in [2.45, 2.75) is 19.3 Å². The number of aliphatic hydroxyl groups excluding tert-OH is 1. The number of nitrogens with zero attached hydrogens (tertiary/aromatic N) is 1. The molecule has 1 unspecified atom stereocenters. The summed E-state index contributed by atoms with van der Waals surface area (Å²) in [6.45, 7) is 1.27. The van der Waals surface area contributed by atoms with Crippen molar-refractivity contribution in [1.29, 1.82) is 0 Å². The lowest BCUT2D eigenvalue weighted by molar-refractivity contribution is 0.165. The van der Waals surface area contributed by atoms with E-state index >= 15 is 0 Å². The Morgan fingerprint density at radius 3 is 3.05 bits per heavy atom. The number of hydrogen-bond donors (Lipinski definition) is 2. The molecule has 2 N–H and O–H groups in total. The summed E-state index contributed by atoms with van der Waals surface area (Å²) in [4.78, 5) is 0. The van der Waals surface area contributed by atoms with Gasteiger partial charge >= 0.3 is 0 Å². The second-order valence-corrected chi connectivity index (χ2v) is 6.53. The van der Waals surface area contributed by atoms with Crippen molar-refractivity contribution in [3.8, 4) is 0 Å². The van der Waals surface area contributed by atoms with E-state index in [2.05, 4.69) is 4.72 Å². The van der Waals surface area contributed by atoms with E-state index in [0.717, 1.165) is 18.6 Å². The molecule has 2 heterocycles. The zero-order valence-electron chi connectivity index (χ0n) is 10.8. The average molecular weight is 288 g/mol. The molecule has 1 aliphatic heterocycles. The van der Waals surface area contributed by atoms with E-state index in [-0.39, 0.29) is 12.5 Å². The summed E-state index contributed by atoms with van der Waals surface area (Å²) >= 11 is 0. The maximum Gasteiger partial charge on any atom is 0.279 e. The molecule has 6 nitrogen and oxygen atoms in total. The van der Waals surface area contributed by atoms with Crippen molar-refractivity contribution in [3.05, 3.63) is 24.2 Å². The Bertz CT molecular complexity index is 472. The first-order chi connectivity index (χ1) is 9.12. The van der Waals surface area contributed by atoms with Crippen LogP contribution in [0.1, 0.15) is 18.6 Å². The summed E-state index contributed by atoms with van der Waals surface area (Å²) in [7, 11) is -3.45. The number of aliphatic hydroxyl groups is 1. The van der Waals surface area contributed by atoms with Crippen LogP contribution in [0.2, 0.25) is 0 Å². The summed E-state index contributed by atoms with van der Waals surface area (Å²) in [6, 6.07) is 3.59. The molecule has 19 heavy (non-hydrogen) atoms. The van der Waals surface area contributed by atoms with Gasteiger partial charge in [-0.15, -0.1) is 0 Å². The van der Waals surface area contributed by atoms with Gasteiger partial charge in [-0.3, -0.25) is 0 Å². The fraction of sp³-hybridized carbons (Fsp3) is 0.667. The maximum absolute atomic E-state index is 12.1.